The minimum atomic E-state index is -3.46. The van der Waals surface area contributed by atoms with Crippen LogP contribution in [-0.4, -0.2) is 29.9 Å². The highest BCUT2D eigenvalue weighted by Crippen LogP contribution is 2.45. The molecule has 7 nitrogen and oxygen atoms in total. The van der Waals surface area contributed by atoms with Crippen LogP contribution in [0.3, 0.4) is 0 Å². The molecule has 31 heavy (non-hydrogen) atoms. The van der Waals surface area contributed by atoms with Gasteiger partial charge in [0.1, 0.15) is 11.5 Å². The summed E-state index contributed by atoms with van der Waals surface area (Å²) in [5, 5.41) is 7.64. The van der Waals surface area contributed by atoms with Gasteiger partial charge < -0.3 is 5.32 Å². The Morgan fingerprint density at radius 1 is 1.29 bits per heavy atom. The van der Waals surface area contributed by atoms with Gasteiger partial charge >= 0.3 is 0 Å². The first-order valence-electron chi connectivity index (χ1n) is 9.96. The van der Waals surface area contributed by atoms with Crippen molar-refractivity contribution in [2.24, 2.45) is 7.05 Å². The number of fused-ring (bicyclic) bond motifs is 1. The van der Waals surface area contributed by atoms with Crippen molar-refractivity contribution in [3.05, 3.63) is 52.4 Å². The van der Waals surface area contributed by atoms with E-state index in [1.807, 2.05) is 6.07 Å². The first-order chi connectivity index (χ1) is 14.7. The quantitative estimate of drug-likeness (QED) is 0.532. The zero-order valence-corrected chi connectivity index (χ0v) is 18.6. The topological polar surface area (TPSA) is 93.1 Å². The molecule has 1 heterocycles. The molecular formula is C21H22ClFN4O3S. The van der Waals surface area contributed by atoms with Gasteiger partial charge in [-0.2, -0.15) is 5.10 Å². The molecule has 0 bridgehead atoms. The van der Waals surface area contributed by atoms with E-state index < -0.39 is 21.7 Å². The molecule has 10 heteroatoms. The lowest BCUT2D eigenvalue weighted by atomic mass is 10.0. The largest absolute Gasteiger partial charge is 0.321 e. The second kappa shape index (κ2) is 8.12. The van der Waals surface area contributed by atoms with E-state index >= 15 is 0 Å². The third kappa shape index (κ3) is 4.52. The molecule has 3 aromatic rings. The maximum Gasteiger partial charge on any atom is 0.274 e. The number of hydrogen-bond donors (Lipinski definition) is 2. The molecule has 1 aromatic heterocycles. The number of nitrogens with zero attached hydrogens (tertiary/aromatic N) is 2. The van der Waals surface area contributed by atoms with Crippen LogP contribution in [-0.2, 0) is 17.1 Å². The Hall–Kier alpha value is -2.65. The molecule has 0 unspecified atom stereocenters. The predicted octanol–water partition coefficient (Wildman–Crippen LogP) is 4.65. The fourth-order valence-corrected chi connectivity index (χ4v) is 4.87. The summed E-state index contributed by atoms with van der Waals surface area (Å²) in [7, 11) is -1.83. The number of carbonyl (C=O) groups is 1. The van der Waals surface area contributed by atoms with Gasteiger partial charge in [0.25, 0.3) is 5.91 Å². The second-order valence-corrected chi connectivity index (χ2v) is 9.96. The molecule has 0 spiro atoms. The van der Waals surface area contributed by atoms with E-state index in [4.69, 9.17) is 11.6 Å². The number of nitrogens with one attached hydrogen (secondary N) is 2. The Kier molecular flexibility index (Phi) is 5.65. The SMILES string of the molecule is CCCS(=O)(=O)Nc1cc2nn(C)c(C(=O)Nc3ccc(Cl)c(F)c3)c2cc1C1CC1. The van der Waals surface area contributed by atoms with Crippen LogP contribution in [0, 0.1) is 5.82 Å². The van der Waals surface area contributed by atoms with Crippen LogP contribution in [0.5, 0.6) is 0 Å². The van der Waals surface area contributed by atoms with Crippen LogP contribution >= 0.6 is 11.6 Å². The number of carbonyl (C=O) groups excluding carboxylic acids is 1. The highest BCUT2D eigenvalue weighted by Gasteiger charge is 2.29. The molecule has 1 aliphatic carbocycles. The zero-order chi connectivity index (χ0) is 22.3. The minimum Gasteiger partial charge on any atom is -0.321 e. The lowest BCUT2D eigenvalue weighted by Crippen LogP contribution is -2.17. The van der Waals surface area contributed by atoms with Crippen molar-refractivity contribution in [1.29, 1.82) is 0 Å². The number of aromatic nitrogens is 2. The molecule has 2 N–H and O–H groups in total. The van der Waals surface area contributed by atoms with Crippen LogP contribution in [0.15, 0.2) is 30.3 Å². The smallest absolute Gasteiger partial charge is 0.274 e. The van der Waals surface area contributed by atoms with Gasteiger partial charge in [0.2, 0.25) is 10.0 Å². The maximum absolute atomic E-state index is 13.7. The third-order valence-corrected chi connectivity index (χ3v) is 6.94. The predicted molar refractivity (Wildman–Crippen MR) is 120 cm³/mol. The summed E-state index contributed by atoms with van der Waals surface area (Å²) >= 11 is 5.70. The van der Waals surface area contributed by atoms with Gasteiger partial charge in [-0.1, -0.05) is 18.5 Å². The van der Waals surface area contributed by atoms with Crippen molar-refractivity contribution < 1.29 is 17.6 Å². The van der Waals surface area contributed by atoms with E-state index in [2.05, 4.69) is 15.1 Å². The highest BCUT2D eigenvalue weighted by atomic mass is 35.5. The Balaban J connectivity index is 1.73. The average Bonchev–Trinajstić information content (AvgIpc) is 3.46. The molecule has 2 aromatic carbocycles. The standard InChI is InChI=1S/C21H22ClFN4O3S/c1-3-8-31(29,30)26-19-11-18-15(10-14(19)12-4-5-12)20(27(2)25-18)21(28)24-13-6-7-16(22)17(23)9-13/h6-7,9-12,26H,3-5,8H2,1-2H3,(H,24,28). The van der Waals surface area contributed by atoms with Gasteiger partial charge in [-0.25, -0.2) is 12.8 Å². The summed E-state index contributed by atoms with van der Waals surface area (Å²) in [6, 6.07) is 7.54. The molecule has 0 saturated heterocycles. The van der Waals surface area contributed by atoms with E-state index in [1.165, 1.54) is 16.8 Å². The second-order valence-electron chi connectivity index (χ2n) is 7.71. The van der Waals surface area contributed by atoms with E-state index in [9.17, 15) is 17.6 Å². The summed E-state index contributed by atoms with van der Waals surface area (Å²) in [5.41, 5.74) is 2.43. The van der Waals surface area contributed by atoms with E-state index in [0.29, 0.717) is 28.7 Å². The van der Waals surface area contributed by atoms with Gasteiger partial charge in [-0.05, 0) is 61.1 Å². The number of anilines is 2. The summed E-state index contributed by atoms with van der Waals surface area (Å²) < 4.78 is 42.5. The van der Waals surface area contributed by atoms with Crippen molar-refractivity contribution >= 4 is 49.8 Å². The Labute approximate surface area is 184 Å². The summed E-state index contributed by atoms with van der Waals surface area (Å²) in [5.74, 6) is -0.810. The van der Waals surface area contributed by atoms with Crippen molar-refractivity contribution in [3.8, 4) is 0 Å². The number of amides is 1. The van der Waals surface area contributed by atoms with Crippen molar-refractivity contribution in [1.82, 2.24) is 9.78 Å². The van der Waals surface area contributed by atoms with Crippen LogP contribution in [0.4, 0.5) is 15.8 Å². The lowest BCUT2D eigenvalue weighted by molar-refractivity contribution is 0.101. The van der Waals surface area contributed by atoms with Gasteiger partial charge in [-0.15, -0.1) is 0 Å². The third-order valence-electron chi connectivity index (χ3n) is 5.15. The van der Waals surface area contributed by atoms with E-state index in [-0.39, 0.29) is 22.4 Å². The summed E-state index contributed by atoms with van der Waals surface area (Å²) in [4.78, 5) is 13.0. The monoisotopic (exact) mass is 464 g/mol. The zero-order valence-electron chi connectivity index (χ0n) is 17.1. The normalized spacial score (nSPS) is 14.1. The Morgan fingerprint density at radius 2 is 2.03 bits per heavy atom. The Morgan fingerprint density at radius 3 is 2.68 bits per heavy atom. The molecule has 1 aliphatic rings. The maximum atomic E-state index is 13.7. The lowest BCUT2D eigenvalue weighted by Gasteiger charge is -2.12. The summed E-state index contributed by atoms with van der Waals surface area (Å²) in [6.07, 6.45) is 2.43. The fraction of sp³-hybridized carbons (Fsp3) is 0.333. The molecule has 4 rings (SSSR count). The molecule has 1 fully saturated rings. The molecule has 0 radical (unpaired) electrons. The van der Waals surface area contributed by atoms with Crippen molar-refractivity contribution in [2.75, 3.05) is 15.8 Å². The van der Waals surface area contributed by atoms with Crippen LogP contribution in [0.1, 0.15) is 48.2 Å². The molecule has 0 atom stereocenters. The number of halogens is 2. The highest BCUT2D eigenvalue weighted by molar-refractivity contribution is 7.92. The van der Waals surface area contributed by atoms with Gasteiger partial charge in [0.15, 0.2) is 0 Å². The number of aryl methyl sites for hydroxylation is 1. The van der Waals surface area contributed by atoms with Crippen molar-refractivity contribution in [3.63, 3.8) is 0 Å². The molecular weight excluding hydrogens is 443 g/mol. The number of hydrogen-bond acceptors (Lipinski definition) is 4. The van der Waals surface area contributed by atoms with Crippen molar-refractivity contribution in [2.45, 2.75) is 32.1 Å². The van der Waals surface area contributed by atoms with Gasteiger partial charge in [0, 0.05) is 18.1 Å². The number of sulfonamides is 1. The molecule has 1 amide bonds. The number of benzene rings is 2. The van der Waals surface area contributed by atoms with Crippen LogP contribution in [0.2, 0.25) is 5.02 Å². The Bertz CT molecular complexity index is 1290. The van der Waals surface area contributed by atoms with Gasteiger partial charge in [0.05, 0.1) is 22.0 Å². The van der Waals surface area contributed by atoms with E-state index in [0.717, 1.165) is 24.5 Å². The average molecular weight is 465 g/mol. The fourth-order valence-electron chi connectivity index (χ4n) is 3.60. The first-order valence-corrected chi connectivity index (χ1v) is 12.0. The van der Waals surface area contributed by atoms with Crippen LogP contribution < -0.4 is 10.0 Å². The van der Waals surface area contributed by atoms with Gasteiger partial charge in [-0.3, -0.25) is 14.2 Å². The number of rotatable bonds is 7. The first kappa shape index (κ1) is 21.6. The van der Waals surface area contributed by atoms with Crippen LogP contribution in [0.25, 0.3) is 10.9 Å². The molecule has 164 valence electrons. The van der Waals surface area contributed by atoms with E-state index in [1.54, 1.807) is 20.0 Å². The molecule has 1 saturated carbocycles. The minimum absolute atomic E-state index is 0.0304. The summed E-state index contributed by atoms with van der Waals surface area (Å²) in [6.45, 7) is 1.81. The molecule has 0 aliphatic heterocycles.